The van der Waals surface area contributed by atoms with E-state index in [9.17, 15) is 4.79 Å². The summed E-state index contributed by atoms with van der Waals surface area (Å²) < 4.78 is 5.23. The zero-order chi connectivity index (χ0) is 13.0. The number of rotatable bonds is 4. The fourth-order valence-electron chi connectivity index (χ4n) is 1.64. The predicted octanol–water partition coefficient (Wildman–Crippen LogP) is 2.69. The molecule has 5 heteroatoms. The van der Waals surface area contributed by atoms with Crippen LogP contribution in [0.2, 0.25) is 5.02 Å². The van der Waals surface area contributed by atoms with Crippen LogP contribution in [0.1, 0.15) is 23.0 Å². The molecule has 0 fully saturated rings. The molecule has 0 saturated heterocycles. The molecule has 94 valence electrons. The van der Waals surface area contributed by atoms with E-state index in [2.05, 4.69) is 10.3 Å². The Hall–Kier alpha value is -1.81. The van der Waals surface area contributed by atoms with Crippen molar-refractivity contribution in [3.63, 3.8) is 0 Å². The van der Waals surface area contributed by atoms with Gasteiger partial charge in [-0.2, -0.15) is 0 Å². The largest absolute Gasteiger partial charge is 0.469 e. The minimum atomic E-state index is -0.207. The van der Waals surface area contributed by atoms with Crippen molar-refractivity contribution in [3.05, 3.63) is 53.2 Å². The van der Waals surface area contributed by atoms with Crippen LogP contribution in [0.5, 0.6) is 0 Å². The molecule has 0 radical (unpaired) electrons. The second-order valence-electron chi connectivity index (χ2n) is 4.01. The van der Waals surface area contributed by atoms with Gasteiger partial charge in [0.1, 0.15) is 5.76 Å². The van der Waals surface area contributed by atoms with Gasteiger partial charge in [0.15, 0.2) is 0 Å². The van der Waals surface area contributed by atoms with Crippen molar-refractivity contribution in [2.24, 2.45) is 0 Å². The molecule has 2 aromatic rings. The highest BCUT2D eigenvalue weighted by Crippen LogP contribution is 2.13. The van der Waals surface area contributed by atoms with Gasteiger partial charge in [0.2, 0.25) is 0 Å². The molecule has 1 N–H and O–H groups in total. The van der Waals surface area contributed by atoms with E-state index in [1.807, 2.05) is 19.1 Å². The molecule has 0 aliphatic heterocycles. The minimum absolute atomic E-state index is 0.0344. The second kappa shape index (κ2) is 5.69. The number of amides is 1. The van der Waals surface area contributed by atoms with Gasteiger partial charge in [-0.15, -0.1) is 0 Å². The number of pyridine rings is 1. The third kappa shape index (κ3) is 3.11. The van der Waals surface area contributed by atoms with Gasteiger partial charge in [-0.05, 0) is 25.1 Å². The van der Waals surface area contributed by atoms with Gasteiger partial charge in [-0.3, -0.25) is 9.78 Å². The van der Waals surface area contributed by atoms with Crippen LogP contribution < -0.4 is 5.32 Å². The molecule has 0 aliphatic carbocycles. The Morgan fingerprint density at radius 2 is 2.39 bits per heavy atom. The molecule has 0 bridgehead atoms. The molecular formula is C13H13ClN2O2. The Labute approximate surface area is 110 Å². The quantitative estimate of drug-likeness (QED) is 0.924. The van der Waals surface area contributed by atoms with Crippen molar-refractivity contribution in [1.82, 2.24) is 10.3 Å². The molecule has 1 unspecified atom stereocenters. The minimum Gasteiger partial charge on any atom is -0.469 e. The van der Waals surface area contributed by atoms with Crippen molar-refractivity contribution in [1.29, 1.82) is 0 Å². The van der Waals surface area contributed by atoms with E-state index in [0.29, 0.717) is 17.0 Å². The fraction of sp³-hybridized carbons (Fsp3) is 0.231. The SMILES string of the molecule is CC(Cc1ccco1)NC(=O)c1ccncc1Cl. The lowest BCUT2D eigenvalue weighted by molar-refractivity contribution is 0.0939. The summed E-state index contributed by atoms with van der Waals surface area (Å²) in [5.41, 5.74) is 0.429. The van der Waals surface area contributed by atoms with Gasteiger partial charge in [0.25, 0.3) is 5.91 Å². The van der Waals surface area contributed by atoms with Gasteiger partial charge in [-0.25, -0.2) is 0 Å². The van der Waals surface area contributed by atoms with E-state index in [1.165, 1.54) is 12.4 Å². The number of furan rings is 1. The summed E-state index contributed by atoms with van der Waals surface area (Å²) >= 11 is 5.90. The summed E-state index contributed by atoms with van der Waals surface area (Å²) in [4.78, 5) is 15.8. The molecule has 0 spiro atoms. The van der Waals surface area contributed by atoms with Crippen LogP contribution in [0, 0.1) is 0 Å². The molecule has 0 aliphatic rings. The molecular weight excluding hydrogens is 252 g/mol. The van der Waals surface area contributed by atoms with Crippen molar-refractivity contribution in [2.45, 2.75) is 19.4 Å². The van der Waals surface area contributed by atoms with E-state index in [4.69, 9.17) is 16.0 Å². The third-order valence-corrected chi connectivity index (χ3v) is 2.78. The molecule has 2 heterocycles. The lowest BCUT2D eigenvalue weighted by Gasteiger charge is -2.13. The van der Waals surface area contributed by atoms with Crippen LogP contribution in [0.25, 0.3) is 0 Å². The first-order chi connectivity index (χ1) is 8.66. The Kier molecular flexibility index (Phi) is 3.99. The lowest BCUT2D eigenvalue weighted by atomic mass is 10.1. The smallest absolute Gasteiger partial charge is 0.253 e. The normalized spacial score (nSPS) is 12.1. The average Bonchev–Trinajstić information content (AvgIpc) is 2.82. The average molecular weight is 265 g/mol. The monoisotopic (exact) mass is 264 g/mol. The number of carbonyl (C=O) groups excluding carboxylic acids is 1. The van der Waals surface area contributed by atoms with Crippen molar-refractivity contribution in [2.75, 3.05) is 0 Å². The third-order valence-electron chi connectivity index (χ3n) is 2.48. The predicted molar refractivity (Wildman–Crippen MR) is 68.6 cm³/mol. The standard InChI is InChI=1S/C13H13ClN2O2/c1-9(7-10-3-2-6-18-10)16-13(17)11-4-5-15-8-12(11)14/h2-6,8-9H,7H2,1H3,(H,16,17). The van der Waals surface area contributed by atoms with Crippen LogP contribution in [-0.4, -0.2) is 16.9 Å². The number of nitrogens with one attached hydrogen (secondary N) is 1. The summed E-state index contributed by atoms with van der Waals surface area (Å²) in [7, 11) is 0. The van der Waals surface area contributed by atoms with Gasteiger partial charge >= 0.3 is 0 Å². The maximum atomic E-state index is 12.0. The molecule has 2 rings (SSSR count). The zero-order valence-corrected chi connectivity index (χ0v) is 10.6. The highest BCUT2D eigenvalue weighted by Gasteiger charge is 2.13. The van der Waals surface area contributed by atoms with Crippen molar-refractivity contribution >= 4 is 17.5 Å². The number of aromatic nitrogens is 1. The van der Waals surface area contributed by atoms with E-state index < -0.39 is 0 Å². The molecule has 4 nitrogen and oxygen atoms in total. The van der Waals surface area contributed by atoms with E-state index in [-0.39, 0.29) is 11.9 Å². The Bertz CT molecular complexity index is 526. The van der Waals surface area contributed by atoms with E-state index in [0.717, 1.165) is 5.76 Å². The first-order valence-corrected chi connectivity index (χ1v) is 5.97. The number of halogens is 1. The number of hydrogen-bond donors (Lipinski definition) is 1. The molecule has 1 atom stereocenters. The van der Waals surface area contributed by atoms with Gasteiger partial charge in [-0.1, -0.05) is 11.6 Å². The number of nitrogens with zero attached hydrogens (tertiary/aromatic N) is 1. The summed E-state index contributed by atoms with van der Waals surface area (Å²) in [6, 6.07) is 5.26. The summed E-state index contributed by atoms with van der Waals surface area (Å²) in [6.07, 6.45) is 5.25. The summed E-state index contributed by atoms with van der Waals surface area (Å²) in [5, 5.41) is 3.21. The van der Waals surface area contributed by atoms with Crippen LogP contribution in [0.15, 0.2) is 41.3 Å². The van der Waals surface area contributed by atoms with Crippen LogP contribution >= 0.6 is 11.6 Å². The maximum absolute atomic E-state index is 12.0. The molecule has 0 saturated carbocycles. The Morgan fingerprint density at radius 1 is 1.56 bits per heavy atom. The van der Waals surface area contributed by atoms with Gasteiger partial charge in [0.05, 0.1) is 16.8 Å². The molecule has 18 heavy (non-hydrogen) atoms. The highest BCUT2D eigenvalue weighted by atomic mass is 35.5. The first kappa shape index (κ1) is 12.6. The van der Waals surface area contributed by atoms with Gasteiger partial charge < -0.3 is 9.73 Å². The Balaban J connectivity index is 1.97. The van der Waals surface area contributed by atoms with Gasteiger partial charge in [0, 0.05) is 24.9 Å². The number of carbonyl (C=O) groups is 1. The molecule has 2 aromatic heterocycles. The number of hydrogen-bond acceptors (Lipinski definition) is 3. The zero-order valence-electron chi connectivity index (χ0n) is 9.89. The molecule has 1 amide bonds. The van der Waals surface area contributed by atoms with Crippen molar-refractivity contribution < 1.29 is 9.21 Å². The lowest BCUT2D eigenvalue weighted by Crippen LogP contribution is -2.34. The van der Waals surface area contributed by atoms with Crippen LogP contribution in [0.3, 0.4) is 0 Å². The summed E-state index contributed by atoms with van der Waals surface area (Å²) in [5.74, 6) is 0.630. The van der Waals surface area contributed by atoms with Crippen molar-refractivity contribution in [3.8, 4) is 0 Å². The van der Waals surface area contributed by atoms with Crippen LogP contribution in [-0.2, 0) is 6.42 Å². The topological polar surface area (TPSA) is 55.1 Å². The fourth-order valence-corrected chi connectivity index (χ4v) is 1.85. The summed E-state index contributed by atoms with van der Waals surface area (Å²) in [6.45, 7) is 1.91. The van der Waals surface area contributed by atoms with Crippen LogP contribution in [0.4, 0.5) is 0 Å². The first-order valence-electron chi connectivity index (χ1n) is 5.59. The Morgan fingerprint density at radius 3 is 3.06 bits per heavy atom. The highest BCUT2D eigenvalue weighted by molar-refractivity contribution is 6.33. The maximum Gasteiger partial charge on any atom is 0.253 e. The molecule has 0 aromatic carbocycles. The van der Waals surface area contributed by atoms with E-state index in [1.54, 1.807) is 12.3 Å². The second-order valence-corrected chi connectivity index (χ2v) is 4.42. The van der Waals surface area contributed by atoms with E-state index >= 15 is 0 Å².